The number of alkyl halides is 3. The summed E-state index contributed by atoms with van der Waals surface area (Å²) in [5, 5.41) is 17.2. The quantitative estimate of drug-likeness (QED) is 0.420. The van der Waals surface area contributed by atoms with Gasteiger partial charge in [0.2, 0.25) is 11.8 Å². The smallest absolute Gasteiger partial charge is 0.403 e. The number of halogens is 3. The van der Waals surface area contributed by atoms with Gasteiger partial charge in [-0.25, -0.2) is 4.98 Å². The zero-order valence-electron chi connectivity index (χ0n) is 19.0. The van der Waals surface area contributed by atoms with Gasteiger partial charge in [-0.1, -0.05) is 19.9 Å². The number of aromatic amines is 1. The van der Waals surface area contributed by atoms with E-state index in [0.29, 0.717) is 13.0 Å². The van der Waals surface area contributed by atoms with Crippen LogP contribution in [0.2, 0.25) is 0 Å². The summed E-state index contributed by atoms with van der Waals surface area (Å²) in [6.07, 6.45) is -4.01. The molecule has 1 saturated heterocycles. The fraction of sp³-hybridized carbons (Fsp3) is 0.500. The van der Waals surface area contributed by atoms with Gasteiger partial charge in [-0.2, -0.15) is 5.26 Å². The molecule has 188 valence electrons. The topological polar surface area (TPSA) is 149 Å². The van der Waals surface area contributed by atoms with Crippen LogP contribution in [0.25, 0.3) is 11.0 Å². The van der Waals surface area contributed by atoms with Crippen molar-refractivity contribution in [3.63, 3.8) is 0 Å². The van der Waals surface area contributed by atoms with Gasteiger partial charge in [-0.15, -0.1) is 13.2 Å². The third kappa shape index (κ3) is 6.84. The van der Waals surface area contributed by atoms with Gasteiger partial charge >= 0.3 is 6.36 Å². The van der Waals surface area contributed by atoms with Crippen LogP contribution in [0.1, 0.15) is 43.7 Å². The predicted octanol–water partition coefficient (Wildman–Crippen LogP) is 2.14. The van der Waals surface area contributed by atoms with Crippen LogP contribution >= 0.6 is 0 Å². The van der Waals surface area contributed by atoms with Crippen LogP contribution in [-0.4, -0.2) is 52.7 Å². The number of aromatic nitrogens is 2. The number of nitriles is 1. The first kappa shape index (κ1) is 25.8. The third-order valence-corrected chi connectivity index (χ3v) is 5.40. The number of carbonyl (C=O) groups is 3. The van der Waals surface area contributed by atoms with Gasteiger partial charge in [-0.3, -0.25) is 14.4 Å². The maximum atomic E-state index is 12.9. The minimum atomic E-state index is -4.94. The summed E-state index contributed by atoms with van der Waals surface area (Å²) in [7, 11) is 0. The van der Waals surface area contributed by atoms with Crippen LogP contribution in [-0.2, 0) is 9.59 Å². The average Bonchev–Trinajstić information content (AvgIpc) is 3.38. The summed E-state index contributed by atoms with van der Waals surface area (Å²) in [6.45, 7) is 4.17. The fourth-order valence-corrected chi connectivity index (χ4v) is 3.82. The van der Waals surface area contributed by atoms with E-state index in [9.17, 15) is 32.8 Å². The van der Waals surface area contributed by atoms with Crippen molar-refractivity contribution in [3.8, 4) is 11.8 Å². The minimum Gasteiger partial charge on any atom is -0.403 e. The molecule has 35 heavy (non-hydrogen) atoms. The van der Waals surface area contributed by atoms with Gasteiger partial charge in [0.05, 0.1) is 11.6 Å². The van der Waals surface area contributed by atoms with Crippen LogP contribution in [0.4, 0.5) is 13.2 Å². The Morgan fingerprint density at radius 1 is 1.31 bits per heavy atom. The molecule has 1 aliphatic rings. The minimum absolute atomic E-state index is 0.0188. The first-order valence-electron chi connectivity index (χ1n) is 11.0. The summed E-state index contributed by atoms with van der Waals surface area (Å²) >= 11 is 0. The number of rotatable bonds is 9. The van der Waals surface area contributed by atoms with Crippen molar-refractivity contribution in [3.05, 3.63) is 24.0 Å². The van der Waals surface area contributed by atoms with Crippen LogP contribution < -0.4 is 20.7 Å². The van der Waals surface area contributed by atoms with E-state index in [0.717, 1.165) is 6.07 Å². The van der Waals surface area contributed by atoms with E-state index in [4.69, 9.17) is 0 Å². The molecule has 0 bridgehead atoms. The van der Waals surface area contributed by atoms with Crippen LogP contribution in [0.5, 0.6) is 5.75 Å². The van der Waals surface area contributed by atoms with Crippen molar-refractivity contribution >= 4 is 28.8 Å². The lowest BCUT2D eigenvalue weighted by Crippen LogP contribution is -2.50. The molecule has 3 rings (SSSR count). The molecule has 0 aliphatic carbocycles. The molecule has 2 heterocycles. The maximum absolute atomic E-state index is 12.9. The molecule has 0 unspecified atom stereocenters. The van der Waals surface area contributed by atoms with E-state index in [2.05, 4.69) is 30.7 Å². The predicted molar refractivity (Wildman–Crippen MR) is 117 cm³/mol. The second kappa shape index (κ2) is 10.6. The highest BCUT2D eigenvalue weighted by Gasteiger charge is 2.33. The summed E-state index contributed by atoms with van der Waals surface area (Å²) < 4.78 is 42.0. The SMILES string of the molecule is CC(C)C[C@H](NC(=O)c1nc2c(OC(F)(F)F)cccc2[nH]1)C(=O)N[C@H](C#N)C[C@@H]1CCNC1=O. The summed E-state index contributed by atoms with van der Waals surface area (Å²) in [6, 6.07) is 3.79. The van der Waals surface area contributed by atoms with Crippen LogP contribution in [0.15, 0.2) is 18.2 Å². The summed E-state index contributed by atoms with van der Waals surface area (Å²) in [4.78, 5) is 44.1. The molecule has 3 amide bonds. The number of fused-ring (bicyclic) bond motifs is 1. The van der Waals surface area contributed by atoms with Crippen LogP contribution in [0, 0.1) is 23.2 Å². The normalized spacial score (nSPS) is 17.5. The first-order chi connectivity index (χ1) is 16.5. The third-order valence-electron chi connectivity index (χ3n) is 5.40. The molecule has 13 heteroatoms. The Hall–Kier alpha value is -3.82. The van der Waals surface area contributed by atoms with Gasteiger partial charge in [0, 0.05) is 12.5 Å². The number of hydrogen-bond acceptors (Lipinski definition) is 6. The van der Waals surface area contributed by atoms with Crippen molar-refractivity contribution < 1.29 is 32.3 Å². The molecule has 2 aromatic rings. The Balaban J connectivity index is 1.74. The molecule has 1 aromatic heterocycles. The first-order valence-corrected chi connectivity index (χ1v) is 11.0. The van der Waals surface area contributed by atoms with Gasteiger partial charge in [0.1, 0.15) is 17.6 Å². The number of nitrogens with one attached hydrogen (secondary N) is 4. The molecule has 0 saturated carbocycles. The molecular weight excluding hydrogens is 469 g/mol. The molecule has 1 aromatic carbocycles. The number of carbonyl (C=O) groups excluding carboxylic acids is 3. The molecule has 4 N–H and O–H groups in total. The number of H-pyrrole nitrogens is 1. The second-order valence-corrected chi connectivity index (χ2v) is 8.64. The van der Waals surface area contributed by atoms with Gasteiger partial charge in [-0.05, 0) is 37.3 Å². The largest absolute Gasteiger partial charge is 0.573 e. The van der Waals surface area contributed by atoms with Crippen molar-refractivity contribution in [2.75, 3.05) is 6.54 Å². The number of hydrogen-bond donors (Lipinski definition) is 4. The van der Waals surface area contributed by atoms with Gasteiger partial charge < -0.3 is 25.7 Å². The highest BCUT2D eigenvalue weighted by molar-refractivity contribution is 5.98. The highest BCUT2D eigenvalue weighted by Crippen LogP contribution is 2.29. The van der Waals surface area contributed by atoms with E-state index in [-0.39, 0.29) is 47.4 Å². The van der Waals surface area contributed by atoms with Gasteiger partial charge in [0.25, 0.3) is 5.91 Å². The average molecular weight is 494 g/mol. The summed E-state index contributed by atoms with van der Waals surface area (Å²) in [5.41, 5.74) is -0.0552. The monoisotopic (exact) mass is 494 g/mol. The van der Waals surface area contributed by atoms with E-state index in [1.54, 1.807) is 0 Å². The van der Waals surface area contributed by atoms with E-state index < -0.39 is 36.0 Å². The lowest BCUT2D eigenvalue weighted by atomic mass is 9.98. The Morgan fingerprint density at radius 3 is 2.66 bits per heavy atom. The zero-order valence-corrected chi connectivity index (χ0v) is 19.0. The number of ether oxygens (including phenoxy) is 1. The lowest BCUT2D eigenvalue weighted by Gasteiger charge is -2.22. The van der Waals surface area contributed by atoms with Gasteiger partial charge in [0.15, 0.2) is 11.6 Å². The number of amides is 3. The van der Waals surface area contributed by atoms with Crippen molar-refractivity contribution in [2.45, 2.75) is 51.6 Å². The number of benzene rings is 1. The molecule has 0 radical (unpaired) electrons. The van der Waals surface area contributed by atoms with E-state index in [1.165, 1.54) is 12.1 Å². The van der Waals surface area contributed by atoms with Crippen LogP contribution in [0.3, 0.4) is 0 Å². The fourth-order valence-electron chi connectivity index (χ4n) is 3.82. The molecule has 3 atom stereocenters. The lowest BCUT2D eigenvalue weighted by molar-refractivity contribution is -0.274. The Kier molecular flexibility index (Phi) is 7.83. The summed E-state index contributed by atoms with van der Waals surface area (Å²) in [5.74, 6) is -2.90. The Morgan fingerprint density at radius 2 is 2.06 bits per heavy atom. The molecule has 1 aliphatic heterocycles. The standard InChI is InChI=1S/C22H25F3N6O4/c1-11(2)8-15(20(33)28-13(10-26)9-12-6-7-27-19(12)32)30-21(34)18-29-14-4-3-5-16(17(14)31-18)35-22(23,24)25/h3-5,11-13,15H,6-9H2,1-2H3,(H,27,32)(H,28,33)(H,29,31)(H,30,34)/t12-,13-,15-/m0/s1. The van der Waals surface area contributed by atoms with E-state index in [1.807, 2.05) is 19.9 Å². The van der Waals surface area contributed by atoms with Crippen molar-refractivity contribution in [1.82, 2.24) is 25.9 Å². The van der Waals surface area contributed by atoms with E-state index >= 15 is 0 Å². The molecule has 10 nitrogen and oxygen atoms in total. The number of imidazole rings is 1. The number of para-hydroxylation sites is 1. The number of nitrogens with zero attached hydrogens (tertiary/aromatic N) is 2. The second-order valence-electron chi connectivity index (χ2n) is 8.64. The molecule has 1 fully saturated rings. The molecule has 0 spiro atoms. The van der Waals surface area contributed by atoms with Crippen molar-refractivity contribution in [1.29, 1.82) is 5.26 Å². The highest BCUT2D eigenvalue weighted by atomic mass is 19.4. The molecular formula is C22H25F3N6O4. The van der Waals surface area contributed by atoms with Crippen molar-refractivity contribution in [2.24, 2.45) is 11.8 Å². The Labute approximate surface area is 198 Å². The zero-order chi connectivity index (χ0) is 25.8. The Bertz CT molecular complexity index is 1140. The maximum Gasteiger partial charge on any atom is 0.573 e.